The van der Waals surface area contributed by atoms with Crippen LogP contribution >= 0.6 is 12.2 Å². The van der Waals surface area contributed by atoms with Gasteiger partial charge in [-0.2, -0.15) is 0 Å². The number of thiocarbonyl (C=S) groups is 1. The van der Waals surface area contributed by atoms with E-state index in [1.807, 2.05) is 67.3 Å². The van der Waals surface area contributed by atoms with Gasteiger partial charge in [-0.05, 0) is 92.3 Å². The summed E-state index contributed by atoms with van der Waals surface area (Å²) in [6.45, 7) is 5.64. The van der Waals surface area contributed by atoms with Gasteiger partial charge in [-0.3, -0.25) is 4.79 Å². The summed E-state index contributed by atoms with van der Waals surface area (Å²) in [6.07, 6.45) is 0. The molecule has 0 aliphatic rings. The summed E-state index contributed by atoms with van der Waals surface area (Å²) in [7, 11) is 0. The topological polar surface area (TPSA) is 66.6 Å². The number of rotatable bonds is 9. The van der Waals surface area contributed by atoms with Gasteiger partial charge in [-0.15, -0.1) is 0 Å². The van der Waals surface area contributed by atoms with Crippen molar-refractivity contribution in [3.8, 4) is 11.5 Å². The van der Waals surface area contributed by atoms with E-state index in [9.17, 15) is 9.18 Å². The van der Waals surface area contributed by atoms with Crippen LogP contribution in [0.3, 0.4) is 0 Å². The van der Waals surface area contributed by atoms with Crippen LogP contribution in [0.2, 0.25) is 0 Å². The summed E-state index contributed by atoms with van der Waals surface area (Å²) in [5.74, 6) is 1.20. The fraction of sp³-hybridized carbons (Fsp3) is 0.214. The molecular formula is C28H28FN3O3S. The number of nitrogens with one attached hydrogen (secondary N) is 2. The second kappa shape index (κ2) is 11.7. The van der Waals surface area contributed by atoms with Crippen LogP contribution in [0.25, 0.3) is 10.9 Å². The highest BCUT2D eigenvalue weighted by molar-refractivity contribution is 7.80. The van der Waals surface area contributed by atoms with Crippen LogP contribution in [0.4, 0.5) is 10.1 Å². The predicted molar refractivity (Wildman–Crippen MR) is 145 cm³/mol. The van der Waals surface area contributed by atoms with E-state index in [0.29, 0.717) is 30.4 Å². The molecule has 36 heavy (non-hydrogen) atoms. The summed E-state index contributed by atoms with van der Waals surface area (Å²) in [5, 5.41) is 4.54. The first-order valence-corrected chi connectivity index (χ1v) is 12.2. The van der Waals surface area contributed by atoms with Crippen molar-refractivity contribution in [3.05, 3.63) is 100 Å². The number of hydrogen-bond donors (Lipinski definition) is 2. The standard InChI is InChI=1S/C28H28FN3O3S/c1-3-34-24-11-9-23(10-12-24)30-28(36)32(17-19-5-7-22(29)8-6-19)18-21-15-20-16-25(35-4-2)13-14-26(20)31-27(21)33/h5-16H,3-4,17-18H2,1-2H3,(H,30,36)(H,31,33). The van der Waals surface area contributed by atoms with Crippen molar-refractivity contribution in [2.24, 2.45) is 0 Å². The maximum atomic E-state index is 13.5. The molecule has 0 saturated heterocycles. The van der Waals surface area contributed by atoms with Crippen molar-refractivity contribution in [1.29, 1.82) is 0 Å². The van der Waals surface area contributed by atoms with Gasteiger partial charge in [-0.1, -0.05) is 12.1 Å². The number of halogens is 1. The molecule has 186 valence electrons. The van der Waals surface area contributed by atoms with Gasteiger partial charge in [0.25, 0.3) is 5.56 Å². The number of nitrogens with zero attached hydrogens (tertiary/aromatic N) is 1. The van der Waals surface area contributed by atoms with Gasteiger partial charge >= 0.3 is 0 Å². The Hall–Kier alpha value is -3.91. The van der Waals surface area contributed by atoms with Gasteiger partial charge in [0.15, 0.2) is 5.11 Å². The molecule has 0 atom stereocenters. The van der Waals surface area contributed by atoms with E-state index in [1.54, 1.807) is 12.1 Å². The van der Waals surface area contributed by atoms with Crippen molar-refractivity contribution in [2.45, 2.75) is 26.9 Å². The van der Waals surface area contributed by atoms with E-state index in [0.717, 1.165) is 33.7 Å². The van der Waals surface area contributed by atoms with Crippen molar-refractivity contribution < 1.29 is 13.9 Å². The Balaban J connectivity index is 1.61. The van der Waals surface area contributed by atoms with Crippen LogP contribution in [-0.4, -0.2) is 28.2 Å². The maximum absolute atomic E-state index is 13.5. The molecule has 0 bridgehead atoms. The van der Waals surface area contributed by atoms with E-state index < -0.39 is 0 Å². The van der Waals surface area contributed by atoms with E-state index in [4.69, 9.17) is 21.7 Å². The number of hydrogen-bond acceptors (Lipinski definition) is 4. The number of aromatic nitrogens is 1. The molecule has 4 aromatic rings. The van der Waals surface area contributed by atoms with Crippen LogP contribution in [0.1, 0.15) is 25.0 Å². The first-order valence-electron chi connectivity index (χ1n) is 11.8. The van der Waals surface area contributed by atoms with Crippen LogP contribution < -0.4 is 20.3 Å². The van der Waals surface area contributed by atoms with E-state index in [2.05, 4.69) is 10.3 Å². The lowest BCUT2D eigenvalue weighted by atomic mass is 10.1. The Labute approximate surface area is 214 Å². The number of benzene rings is 3. The lowest BCUT2D eigenvalue weighted by molar-refractivity contribution is 0.340. The smallest absolute Gasteiger partial charge is 0.253 e. The van der Waals surface area contributed by atoms with Gasteiger partial charge in [0.1, 0.15) is 17.3 Å². The molecule has 4 rings (SSSR count). The Kier molecular flexibility index (Phi) is 8.17. The van der Waals surface area contributed by atoms with Crippen molar-refractivity contribution in [1.82, 2.24) is 9.88 Å². The molecule has 3 aromatic carbocycles. The minimum absolute atomic E-state index is 0.195. The highest BCUT2D eigenvalue weighted by Gasteiger charge is 2.15. The largest absolute Gasteiger partial charge is 0.494 e. The Bertz CT molecular complexity index is 1390. The Morgan fingerprint density at radius 3 is 2.28 bits per heavy atom. The highest BCUT2D eigenvalue weighted by atomic mass is 32.1. The second-order valence-electron chi connectivity index (χ2n) is 8.18. The van der Waals surface area contributed by atoms with Crippen LogP contribution in [0.5, 0.6) is 11.5 Å². The summed E-state index contributed by atoms with van der Waals surface area (Å²) in [5.41, 5.74) is 2.74. The van der Waals surface area contributed by atoms with Crippen molar-refractivity contribution in [2.75, 3.05) is 18.5 Å². The zero-order valence-corrected chi connectivity index (χ0v) is 21.0. The molecular weight excluding hydrogens is 477 g/mol. The minimum Gasteiger partial charge on any atom is -0.494 e. The van der Waals surface area contributed by atoms with Gasteiger partial charge in [0, 0.05) is 28.7 Å². The number of aromatic amines is 1. The normalized spacial score (nSPS) is 10.8. The number of pyridine rings is 1. The number of fused-ring (bicyclic) bond motifs is 1. The van der Waals surface area contributed by atoms with Crippen molar-refractivity contribution in [3.63, 3.8) is 0 Å². The van der Waals surface area contributed by atoms with E-state index in [1.165, 1.54) is 12.1 Å². The molecule has 0 fully saturated rings. The molecule has 6 nitrogen and oxygen atoms in total. The fourth-order valence-corrected chi connectivity index (χ4v) is 4.07. The molecule has 0 unspecified atom stereocenters. The monoisotopic (exact) mass is 505 g/mol. The van der Waals surface area contributed by atoms with Gasteiger partial charge in [-0.25, -0.2) is 4.39 Å². The third-order valence-corrected chi connectivity index (χ3v) is 5.92. The van der Waals surface area contributed by atoms with Crippen LogP contribution in [-0.2, 0) is 13.1 Å². The quantitative estimate of drug-likeness (QED) is 0.278. The lowest BCUT2D eigenvalue weighted by Crippen LogP contribution is -2.35. The summed E-state index contributed by atoms with van der Waals surface area (Å²) in [4.78, 5) is 17.7. The van der Waals surface area contributed by atoms with Crippen molar-refractivity contribution >= 4 is 33.9 Å². The zero-order chi connectivity index (χ0) is 25.5. The lowest BCUT2D eigenvalue weighted by Gasteiger charge is -2.26. The summed E-state index contributed by atoms with van der Waals surface area (Å²) in [6, 6.07) is 21.2. The number of ether oxygens (including phenoxy) is 2. The predicted octanol–water partition coefficient (Wildman–Crippen LogP) is 5.86. The zero-order valence-electron chi connectivity index (χ0n) is 20.2. The molecule has 8 heteroatoms. The second-order valence-corrected chi connectivity index (χ2v) is 8.56. The first-order chi connectivity index (χ1) is 17.4. The summed E-state index contributed by atoms with van der Waals surface area (Å²) < 4.78 is 24.6. The molecule has 1 heterocycles. The van der Waals surface area contributed by atoms with Crippen LogP contribution in [0.15, 0.2) is 77.6 Å². The molecule has 0 aliphatic carbocycles. The Morgan fingerprint density at radius 2 is 1.58 bits per heavy atom. The fourth-order valence-electron chi connectivity index (χ4n) is 3.82. The maximum Gasteiger partial charge on any atom is 0.253 e. The molecule has 0 spiro atoms. The highest BCUT2D eigenvalue weighted by Crippen LogP contribution is 2.21. The van der Waals surface area contributed by atoms with Gasteiger partial charge in [0.2, 0.25) is 0 Å². The number of anilines is 1. The van der Waals surface area contributed by atoms with Gasteiger partial charge < -0.3 is 24.7 Å². The van der Waals surface area contributed by atoms with E-state index >= 15 is 0 Å². The number of H-pyrrole nitrogens is 1. The van der Waals surface area contributed by atoms with E-state index in [-0.39, 0.29) is 17.9 Å². The average Bonchev–Trinajstić information content (AvgIpc) is 2.87. The molecule has 1 aromatic heterocycles. The minimum atomic E-state index is -0.309. The molecule has 0 aliphatic heterocycles. The molecule has 2 N–H and O–H groups in total. The summed E-state index contributed by atoms with van der Waals surface area (Å²) >= 11 is 5.74. The Morgan fingerprint density at radius 1 is 0.917 bits per heavy atom. The molecule has 0 radical (unpaired) electrons. The molecule has 0 amide bonds. The third-order valence-electron chi connectivity index (χ3n) is 5.56. The third kappa shape index (κ3) is 6.40. The SMILES string of the molecule is CCOc1ccc(NC(=S)N(Cc2ccc(F)cc2)Cc2cc3cc(OCC)ccc3[nH]c2=O)cc1. The van der Waals surface area contributed by atoms with Gasteiger partial charge in [0.05, 0.1) is 19.8 Å². The molecule has 0 saturated carbocycles. The average molecular weight is 506 g/mol. The van der Waals surface area contributed by atoms with Crippen LogP contribution in [0, 0.1) is 5.82 Å². The first kappa shape index (κ1) is 25.2.